The van der Waals surface area contributed by atoms with Gasteiger partial charge in [0.05, 0.1) is 0 Å². The van der Waals surface area contributed by atoms with Gasteiger partial charge in [0.15, 0.2) is 0 Å². The summed E-state index contributed by atoms with van der Waals surface area (Å²) in [7, 11) is -1.75. The molecule has 0 saturated heterocycles. The lowest BCUT2D eigenvalue weighted by Crippen LogP contribution is -2.46. The molecule has 0 heterocycles. The Morgan fingerprint density at radius 3 is 2.33 bits per heavy atom. The molecule has 0 aliphatic heterocycles. The van der Waals surface area contributed by atoms with Crippen LogP contribution >= 0.6 is 0 Å². The molecule has 0 amide bonds. The Morgan fingerprint density at radius 2 is 1.87 bits per heavy atom. The number of hydrogen-bond donors (Lipinski definition) is 1. The molecule has 0 aromatic heterocycles. The van der Waals surface area contributed by atoms with E-state index in [-0.39, 0.29) is 6.10 Å². The van der Waals surface area contributed by atoms with Crippen LogP contribution < -0.4 is 5.19 Å². The average Bonchev–Trinajstić information content (AvgIpc) is 2.28. The molecule has 2 nitrogen and oxygen atoms in total. The summed E-state index contributed by atoms with van der Waals surface area (Å²) < 4.78 is 0. The molecule has 15 heavy (non-hydrogen) atoms. The molecule has 0 aliphatic carbocycles. The summed E-state index contributed by atoms with van der Waals surface area (Å²) in [5, 5.41) is 11.0. The van der Waals surface area contributed by atoms with Crippen molar-refractivity contribution < 1.29 is 10.1 Å². The van der Waals surface area contributed by atoms with Crippen LogP contribution in [0.2, 0.25) is 13.1 Å². The standard InChI is InChI=1S/C12H18O2Si/c1-10(14-13)11(2)15(3,4)12-8-6-5-7-9-12/h5-10,13H,2H2,1,3-4H3/t10-/m0/s1. The Labute approximate surface area is 92.1 Å². The van der Waals surface area contributed by atoms with Gasteiger partial charge in [0.2, 0.25) is 0 Å². The van der Waals surface area contributed by atoms with Crippen LogP contribution in [0.3, 0.4) is 0 Å². The van der Waals surface area contributed by atoms with Gasteiger partial charge in [-0.05, 0) is 6.92 Å². The van der Waals surface area contributed by atoms with Gasteiger partial charge in [0, 0.05) is 0 Å². The predicted molar refractivity (Wildman–Crippen MR) is 65.9 cm³/mol. The van der Waals surface area contributed by atoms with Crippen LogP contribution in [-0.2, 0) is 4.89 Å². The third-order valence-corrected chi connectivity index (χ3v) is 6.74. The van der Waals surface area contributed by atoms with E-state index in [2.05, 4.69) is 36.7 Å². The summed E-state index contributed by atoms with van der Waals surface area (Å²) in [6.45, 7) is 10.3. The van der Waals surface area contributed by atoms with Crippen molar-refractivity contribution >= 4 is 13.3 Å². The second-order valence-corrected chi connectivity index (χ2v) is 8.73. The molecule has 1 atom stereocenters. The second kappa shape index (κ2) is 4.75. The molecule has 1 aromatic carbocycles. The van der Waals surface area contributed by atoms with Gasteiger partial charge < -0.3 is 0 Å². The van der Waals surface area contributed by atoms with Crippen molar-refractivity contribution in [2.75, 3.05) is 0 Å². The van der Waals surface area contributed by atoms with Crippen LogP contribution in [0.1, 0.15) is 6.92 Å². The molecule has 0 radical (unpaired) electrons. The van der Waals surface area contributed by atoms with Gasteiger partial charge in [0.25, 0.3) is 0 Å². The van der Waals surface area contributed by atoms with Crippen molar-refractivity contribution in [3.63, 3.8) is 0 Å². The fourth-order valence-electron chi connectivity index (χ4n) is 1.61. The van der Waals surface area contributed by atoms with Gasteiger partial charge in [-0.3, -0.25) is 5.26 Å². The Kier molecular flexibility index (Phi) is 3.85. The van der Waals surface area contributed by atoms with E-state index in [9.17, 15) is 0 Å². The highest BCUT2D eigenvalue weighted by Gasteiger charge is 2.30. The maximum absolute atomic E-state index is 8.68. The van der Waals surface area contributed by atoms with Crippen molar-refractivity contribution in [2.45, 2.75) is 26.1 Å². The normalized spacial score (nSPS) is 13.6. The number of hydrogen-bond acceptors (Lipinski definition) is 2. The van der Waals surface area contributed by atoms with Gasteiger partial charge in [-0.15, -0.1) is 6.58 Å². The molecule has 82 valence electrons. The van der Waals surface area contributed by atoms with Gasteiger partial charge in [-0.2, -0.15) is 0 Å². The average molecular weight is 222 g/mol. The maximum atomic E-state index is 8.68. The lowest BCUT2D eigenvalue weighted by molar-refractivity contribution is -0.262. The van der Waals surface area contributed by atoms with Gasteiger partial charge in [-0.25, -0.2) is 4.89 Å². The van der Waals surface area contributed by atoms with Crippen LogP contribution in [0.5, 0.6) is 0 Å². The topological polar surface area (TPSA) is 29.5 Å². The first kappa shape index (κ1) is 12.2. The molecule has 0 unspecified atom stereocenters. The SMILES string of the molecule is C=C([C@H](C)OO)[Si](C)(C)c1ccccc1. The van der Waals surface area contributed by atoms with Crippen molar-refractivity contribution in [2.24, 2.45) is 0 Å². The molecular weight excluding hydrogens is 204 g/mol. The molecule has 0 spiro atoms. The van der Waals surface area contributed by atoms with Gasteiger partial charge >= 0.3 is 0 Å². The Hall–Kier alpha value is -0.903. The highest BCUT2D eigenvalue weighted by Crippen LogP contribution is 2.18. The Bertz CT molecular complexity index is 333. The summed E-state index contributed by atoms with van der Waals surface area (Å²) in [5.74, 6) is 0. The zero-order valence-corrected chi connectivity index (χ0v) is 10.5. The van der Waals surface area contributed by atoms with E-state index >= 15 is 0 Å². The number of benzene rings is 1. The second-order valence-electron chi connectivity index (χ2n) is 4.26. The van der Waals surface area contributed by atoms with Gasteiger partial charge in [0.1, 0.15) is 14.2 Å². The van der Waals surface area contributed by atoms with Crippen LogP contribution in [0.4, 0.5) is 0 Å². The summed E-state index contributed by atoms with van der Waals surface area (Å²) in [6, 6.07) is 10.3. The van der Waals surface area contributed by atoms with Crippen LogP contribution in [0.15, 0.2) is 42.1 Å². The molecule has 1 N–H and O–H groups in total. The molecule has 1 aromatic rings. The Morgan fingerprint density at radius 1 is 1.33 bits per heavy atom. The molecule has 0 fully saturated rings. The van der Waals surface area contributed by atoms with E-state index < -0.39 is 8.07 Å². The smallest absolute Gasteiger partial charge is 0.110 e. The summed E-state index contributed by atoms with van der Waals surface area (Å²) in [4.78, 5) is 4.35. The lowest BCUT2D eigenvalue weighted by Gasteiger charge is -2.28. The van der Waals surface area contributed by atoms with Crippen molar-refractivity contribution in [3.8, 4) is 0 Å². The summed E-state index contributed by atoms with van der Waals surface area (Å²) in [6.07, 6.45) is -0.299. The maximum Gasteiger partial charge on any atom is 0.110 e. The zero-order valence-electron chi connectivity index (χ0n) is 9.53. The van der Waals surface area contributed by atoms with E-state index in [0.717, 1.165) is 5.20 Å². The molecule has 0 aliphatic rings. The molecule has 0 bridgehead atoms. The van der Waals surface area contributed by atoms with E-state index in [1.807, 2.05) is 25.1 Å². The molecule has 3 heteroatoms. The highest BCUT2D eigenvalue weighted by molar-refractivity contribution is 6.95. The van der Waals surface area contributed by atoms with E-state index in [1.165, 1.54) is 5.19 Å². The number of rotatable bonds is 4. The summed E-state index contributed by atoms with van der Waals surface area (Å²) >= 11 is 0. The molecule has 0 saturated carbocycles. The summed E-state index contributed by atoms with van der Waals surface area (Å²) in [5.41, 5.74) is 0. The molecule has 1 rings (SSSR count). The third-order valence-electron chi connectivity index (χ3n) is 2.95. The quantitative estimate of drug-likeness (QED) is 0.482. The van der Waals surface area contributed by atoms with Crippen molar-refractivity contribution in [3.05, 3.63) is 42.1 Å². The first-order valence-electron chi connectivity index (χ1n) is 5.05. The van der Waals surface area contributed by atoms with E-state index in [1.54, 1.807) is 0 Å². The highest BCUT2D eigenvalue weighted by atomic mass is 28.3. The third kappa shape index (κ3) is 2.56. The predicted octanol–water partition coefficient (Wildman–Crippen LogP) is 2.58. The minimum atomic E-state index is -1.75. The van der Waals surface area contributed by atoms with Crippen LogP contribution in [0.25, 0.3) is 0 Å². The monoisotopic (exact) mass is 222 g/mol. The fourth-order valence-corrected chi connectivity index (χ4v) is 4.08. The van der Waals surface area contributed by atoms with E-state index in [4.69, 9.17) is 5.26 Å². The van der Waals surface area contributed by atoms with Crippen molar-refractivity contribution in [1.82, 2.24) is 0 Å². The zero-order chi connectivity index (χ0) is 11.5. The fraction of sp³-hybridized carbons (Fsp3) is 0.333. The first-order valence-corrected chi connectivity index (χ1v) is 8.05. The van der Waals surface area contributed by atoms with E-state index in [0.29, 0.717) is 0 Å². The minimum Gasteiger partial charge on any atom is -0.251 e. The van der Waals surface area contributed by atoms with Gasteiger partial charge in [-0.1, -0.05) is 53.8 Å². The Balaban J connectivity index is 2.98. The van der Waals surface area contributed by atoms with Crippen molar-refractivity contribution in [1.29, 1.82) is 0 Å². The van der Waals surface area contributed by atoms with Crippen LogP contribution in [0, 0.1) is 0 Å². The first-order chi connectivity index (χ1) is 7.00. The largest absolute Gasteiger partial charge is 0.251 e. The molecular formula is C12H18O2Si. The van der Waals surface area contributed by atoms with Crippen LogP contribution in [-0.4, -0.2) is 19.4 Å². The minimum absolute atomic E-state index is 0.299. The lowest BCUT2D eigenvalue weighted by atomic mass is 10.4.